The largest absolute Gasteiger partial charge is 0.486 e. The minimum absolute atomic E-state index is 0.642. The van der Waals surface area contributed by atoms with E-state index in [0.29, 0.717) is 19.1 Å². The van der Waals surface area contributed by atoms with Gasteiger partial charge < -0.3 is 9.47 Å². The van der Waals surface area contributed by atoms with Crippen LogP contribution in [0.1, 0.15) is 24.0 Å². The van der Waals surface area contributed by atoms with Crippen LogP contribution in [0.25, 0.3) is 10.9 Å². The number of rotatable bonds is 4. The van der Waals surface area contributed by atoms with E-state index >= 15 is 0 Å². The summed E-state index contributed by atoms with van der Waals surface area (Å²) in [5.74, 6) is 2.47. The van der Waals surface area contributed by atoms with Crippen LogP contribution in [0.15, 0.2) is 42.6 Å². The van der Waals surface area contributed by atoms with Crippen LogP contribution in [-0.2, 0) is 13.0 Å². The molecular weight excluding hydrogens is 338 g/mol. The van der Waals surface area contributed by atoms with Crippen molar-refractivity contribution in [3.8, 4) is 11.5 Å². The highest BCUT2D eigenvalue weighted by molar-refractivity contribution is 5.78. The first-order valence-corrected chi connectivity index (χ1v) is 9.86. The van der Waals surface area contributed by atoms with Gasteiger partial charge in [0.15, 0.2) is 11.5 Å². The van der Waals surface area contributed by atoms with E-state index in [1.807, 2.05) is 12.3 Å². The first-order valence-electron chi connectivity index (χ1n) is 9.86. The fourth-order valence-corrected chi connectivity index (χ4v) is 4.36. The highest BCUT2D eigenvalue weighted by Gasteiger charge is 2.21. The number of benzene rings is 2. The lowest BCUT2D eigenvalue weighted by atomic mass is 9.90. The Bertz CT molecular complexity index is 936. The summed E-state index contributed by atoms with van der Waals surface area (Å²) in [5, 5.41) is 8.36. The summed E-state index contributed by atoms with van der Waals surface area (Å²) in [4.78, 5) is 2.58. The fourth-order valence-electron chi connectivity index (χ4n) is 4.36. The number of hydrogen-bond acceptors (Lipinski definition) is 4. The molecule has 5 nitrogen and oxygen atoms in total. The number of nitrogens with one attached hydrogen (secondary N) is 1. The summed E-state index contributed by atoms with van der Waals surface area (Å²) >= 11 is 0. The maximum atomic E-state index is 5.73. The van der Waals surface area contributed by atoms with E-state index in [0.717, 1.165) is 36.5 Å². The molecule has 1 atom stereocenters. The zero-order valence-electron chi connectivity index (χ0n) is 15.5. The third kappa shape index (κ3) is 3.65. The maximum Gasteiger partial charge on any atom is 0.161 e. The molecule has 5 rings (SSSR count). The number of aromatic amines is 1. The van der Waals surface area contributed by atoms with Crippen molar-refractivity contribution in [3.63, 3.8) is 0 Å². The molecule has 27 heavy (non-hydrogen) atoms. The van der Waals surface area contributed by atoms with E-state index in [9.17, 15) is 0 Å². The van der Waals surface area contributed by atoms with Crippen LogP contribution in [0.5, 0.6) is 11.5 Å². The zero-order valence-corrected chi connectivity index (χ0v) is 15.5. The lowest BCUT2D eigenvalue weighted by molar-refractivity contribution is 0.163. The number of H-pyrrole nitrogens is 1. The standard InChI is InChI=1S/C22H25N3O2/c1-2-17(10-16-3-5-20-19(11-16)13-23-24-20)14-25(7-1)15-18-4-6-21-22(12-18)27-9-8-26-21/h3-6,11-13,17H,1-2,7-10,14-15H2,(H,23,24)/t17-/m1/s1. The molecule has 0 saturated carbocycles. The molecule has 5 heteroatoms. The molecule has 2 aromatic carbocycles. The van der Waals surface area contributed by atoms with Crippen molar-refractivity contribution in [1.29, 1.82) is 0 Å². The van der Waals surface area contributed by atoms with Crippen molar-refractivity contribution < 1.29 is 9.47 Å². The fraction of sp³-hybridized carbons (Fsp3) is 0.409. The Morgan fingerprint density at radius 2 is 1.93 bits per heavy atom. The average molecular weight is 363 g/mol. The minimum Gasteiger partial charge on any atom is -0.486 e. The van der Waals surface area contributed by atoms with Crippen LogP contribution in [0.2, 0.25) is 0 Å². The first kappa shape index (κ1) is 16.6. The summed E-state index contributed by atoms with van der Waals surface area (Å²) < 4.78 is 11.4. The molecule has 0 aliphatic carbocycles. The Kier molecular flexibility index (Phi) is 4.46. The van der Waals surface area contributed by atoms with Gasteiger partial charge >= 0.3 is 0 Å². The average Bonchev–Trinajstić information content (AvgIpc) is 3.16. The number of ether oxygens (including phenoxy) is 2. The predicted octanol–water partition coefficient (Wildman–Crippen LogP) is 3.79. The molecule has 2 aliphatic rings. The number of nitrogens with zero attached hydrogens (tertiary/aromatic N) is 2. The normalized spacial score (nSPS) is 20.1. The molecule has 0 unspecified atom stereocenters. The molecule has 3 heterocycles. The van der Waals surface area contributed by atoms with E-state index in [4.69, 9.17) is 9.47 Å². The lowest BCUT2D eigenvalue weighted by Crippen LogP contribution is -2.35. The summed E-state index contributed by atoms with van der Waals surface area (Å²) in [7, 11) is 0. The van der Waals surface area contributed by atoms with Crippen molar-refractivity contribution in [2.45, 2.75) is 25.8 Å². The maximum absolute atomic E-state index is 5.73. The second-order valence-electron chi connectivity index (χ2n) is 7.72. The quantitative estimate of drug-likeness (QED) is 0.766. The third-order valence-electron chi connectivity index (χ3n) is 5.64. The van der Waals surface area contributed by atoms with Crippen LogP contribution in [0, 0.1) is 5.92 Å². The summed E-state index contributed by atoms with van der Waals surface area (Å²) in [5.41, 5.74) is 3.83. The molecule has 1 fully saturated rings. The van der Waals surface area contributed by atoms with Crippen molar-refractivity contribution in [2.75, 3.05) is 26.3 Å². The van der Waals surface area contributed by atoms with Crippen molar-refractivity contribution >= 4 is 10.9 Å². The summed E-state index contributed by atoms with van der Waals surface area (Å²) in [6.07, 6.45) is 5.62. The molecule has 140 valence electrons. The Hall–Kier alpha value is -2.53. The van der Waals surface area contributed by atoms with Crippen LogP contribution in [-0.4, -0.2) is 41.4 Å². The van der Waals surface area contributed by atoms with Gasteiger partial charge in [-0.15, -0.1) is 0 Å². The van der Waals surface area contributed by atoms with Gasteiger partial charge in [-0.2, -0.15) is 5.10 Å². The van der Waals surface area contributed by atoms with Crippen LogP contribution >= 0.6 is 0 Å². The SMILES string of the molecule is c1cc2[nH]ncc2cc1C[C@H]1CCCN(Cc2ccc3c(c2)OCCO3)C1. The number of aromatic nitrogens is 2. The van der Waals surface area contributed by atoms with Crippen LogP contribution < -0.4 is 9.47 Å². The molecule has 3 aromatic rings. The first-order chi connectivity index (χ1) is 13.3. The second kappa shape index (κ2) is 7.24. The molecule has 1 aromatic heterocycles. The predicted molar refractivity (Wildman–Crippen MR) is 105 cm³/mol. The van der Waals surface area contributed by atoms with E-state index in [-0.39, 0.29) is 0 Å². The van der Waals surface area contributed by atoms with Gasteiger partial charge in [-0.05, 0) is 67.1 Å². The van der Waals surface area contributed by atoms with E-state index in [1.54, 1.807) is 0 Å². The van der Waals surface area contributed by atoms with Gasteiger partial charge in [-0.1, -0.05) is 12.1 Å². The highest BCUT2D eigenvalue weighted by atomic mass is 16.6. The second-order valence-corrected chi connectivity index (χ2v) is 7.72. The van der Waals surface area contributed by atoms with Gasteiger partial charge in [-0.25, -0.2) is 0 Å². The Morgan fingerprint density at radius 3 is 2.89 bits per heavy atom. The van der Waals surface area contributed by atoms with Crippen molar-refractivity contribution in [1.82, 2.24) is 15.1 Å². The van der Waals surface area contributed by atoms with Gasteiger partial charge in [0, 0.05) is 18.5 Å². The van der Waals surface area contributed by atoms with Gasteiger partial charge in [0.2, 0.25) is 0 Å². The molecule has 2 aliphatic heterocycles. The van der Waals surface area contributed by atoms with E-state index in [1.165, 1.54) is 35.9 Å². The van der Waals surface area contributed by atoms with Gasteiger partial charge in [-0.3, -0.25) is 10.00 Å². The lowest BCUT2D eigenvalue weighted by Gasteiger charge is -2.33. The van der Waals surface area contributed by atoms with Crippen molar-refractivity contribution in [3.05, 3.63) is 53.7 Å². The monoisotopic (exact) mass is 363 g/mol. The molecule has 0 bridgehead atoms. The van der Waals surface area contributed by atoms with Gasteiger partial charge in [0.1, 0.15) is 13.2 Å². The van der Waals surface area contributed by atoms with E-state index in [2.05, 4.69) is 45.4 Å². The Morgan fingerprint density at radius 1 is 1.04 bits per heavy atom. The van der Waals surface area contributed by atoms with Crippen molar-refractivity contribution in [2.24, 2.45) is 5.92 Å². The molecular formula is C22H25N3O2. The number of piperidine rings is 1. The smallest absolute Gasteiger partial charge is 0.161 e. The third-order valence-corrected chi connectivity index (χ3v) is 5.64. The zero-order chi connectivity index (χ0) is 18.1. The van der Waals surface area contributed by atoms with Crippen LogP contribution in [0.4, 0.5) is 0 Å². The Balaban J connectivity index is 1.24. The molecule has 0 amide bonds. The van der Waals surface area contributed by atoms with Gasteiger partial charge in [0.05, 0.1) is 11.7 Å². The number of likely N-dealkylation sites (tertiary alicyclic amines) is 1. The van der Waals surface area contributed by atoms with Crippen LogP contribution in [0.3, 0.4) is 0 Å². The highest BCUT2D eigenvalue weighted by Crippen LogP contribution is 2.32. The topological polar surface area (TPSA) is 50.4 Å². The van der Waals surface area contributed by atoms with E-state index < -0.39 is 0 Å². The molecule has 1 saturated heterocycles. The number of hydrogen-bond donors (Lipinski definition) is 1. The molecule has 0 spiro atoms. The Labute approximate surface area is 159 Å². The molecule has 1 N–H and O–H groups in total. The summed E-state index contributed by atoms with van der Waals surface area (Å²) in [6, 6.07) is 13.0. The number of fused-ring (bicyclic) bond motifs is 2. The summed E-state index contributed by atoms with van der Waals surface area (Å²) in [6.45, 7) is 4.59. The van der Waals surface area contributed by atoms with Gasteiger partial charge in [0.25, 0.3) is 0 Å². The molecule has 0 radical (unpaired) electrons. The minimum atomic E-state index is 0.642.